The minimum absolute atomic E-state index is 0.0111. The summed E-state index contributed by atoms with van der Waals surface area (Å²) in [4.78, 5) is 26.5. The van der Waals surface area contributed by atoms with Crippen molar-refractivity contribution in [3.8, 4) is 11.1 Å². The summed E-state index contributed by atoms with van der Waals surface area (Å²) in [5.74, 6) is -0.757. The molecule has 0 saturated carbocycles. The molecule has 4 aromatic carbocycles. The molecule has 198 valence electrons. The molecule has 0 radical (unpaired) electrons. The van der Waals surface area contributed by atoms with Gasteiger partial charge in [-0.3, -0.25) is 0 Å². The molecular formula is C32H30N2O3Se2. The Bertz CT molecular complexity index is 1370. The Morgan fingerprint density at radius 3 is 1.77 bits per heavy atom. The quantitative estimate of drug-likeness (QED) is 0.194. The zero-order chi connectivity index (χ0) is 27.0. The second-order valence-corrected chi connectivity index (χ2v) is 13.9. The number of rotatable bonds is 11. The van der Waals surface area contributed by atoms with Crippen LogP contribution in [0.15, 0.2) is 109 Å². The molecule has 7 heteroatoms. The molecule has 0 unspecified atom stereocenters. The topological polar surface area (TPSA) is 81.4 Å². The van der Waals surface area contributed by atoms with Crippen molar-refractivity contribution in [2.75, 3.05) is 6.61 Å². The summed E-state index contributed by atoms with van der Waals surface area (Å²) in [7, 11) is 0. The molecule has 5 rings (SSSR count). The number of amides is 1. The molecule has 0 aromatic heterocycles. The molecule has 0 spiro atoms. The number of nitrogens with two attached hydrogens (primary N) is 1. The van der Waals surface area contributed by atoms with Gasteiger partial charge in [0.25, 0.3) is 0 Å². The van der Waals surface area contributed by atoms with E-state index in [1.165, 1.54) is 15.6 Å². The zero-order valence-electron chi connectivity index (χ0n) is 21.4. The summed E-state index contributed by atoms with van der Waals surface area (Å²) in [6.45, 7) is 0.223. The Morgan fingerprint density at radius 2 is 1.21 bits per heavy atom. The molecule has 0 fully saturated rings. The van der Waals surface area contributed by atoms with Gasteiger partial charge in [0.05, 0.1) is 0 Å². The van der Waals surface area contributed by atoms with Gasteiger partial charge in [0.2, 0.25) is 0 Å². The second kappa shape index (κ2) is 13.3. The third-order valence-corrected chi connectivity index (χ3v) is 11.3. The molecule has 1 amide bonds. The molecule has 0 heterocycles. The summed E-state index contributed by atoms with van der Waals surface area (Å²) in [6, 6.07) is 35.2. The predicted molar refractivity (Wildman–Crippen MR) is 158 cm³/mol. The molecule has 4 aromatic rings. The van der Waals surface area contributed by atoms with Gasteiger partial charge < -0.3 is 0 Å². The SMILES string of the molecule is N[C@@H](C[Se]c1ccccc1)C(=O)N[C@@H](C[Se]c1ccccc1)C(=O)OCC1c2ccccc2-c2ccccc21. The van der Waals surface area contributed by atoms with Crippen LogP contribution in [0.5, 0.6) is 0 Å². The van der Waals surface area contributed by atoms with Crippen LogP contribution in [0.4, 0.5) is 0 Å². The molecular weight excluding hydrogens is 618 g/mol. The van der Waals surface area contributed by atoms with Gasteiger partial charge in [-0.25, -0.2) is 0 Å². The maximum absolute atomic E-state index is 13.4. The van der Waals surface area contributed by atoms with Crippen molar-refractivity contribution >= 4 is 50.7 Å². The van der Waals surface area contributed by atoms with E-state index in [0.717, 1.165) is 15.6 Å². The summed E-state index contributed by atoms with van der Waals surface area (Å²) < 4.78 is 8.27. The number of hydrogen-bond acceptors (Lipinski definition) is 4. The van der Waals surface area contributed by atoms with Crippen molar-refractivity contribution in [1.29, 1.82) is 0 Å². The first-order valence-corrected chi connectivity index (χ1v) is 17.0. The number of ether oxygens (including phenoxy) is 1. The van der Waals surface area contributed by atoms with Crippen molar-refractivity contribution < 1.29 is 14.3 Å². The van der Waals surface area contributed by atoms with Crippen molar-refractivity contribution in [3.05, 3.63) is 120 Å². The maximum atomic E-state index is 13.4. The van der Waals surface area contributed by atoms with Gasteiger partial charge in [0.1, 0.15) is 0 Å². The summed E-state index contributed by atoms with van der Waals surface area (Å²) in [6.07, 6.45) is 0. The van der Waals surface area contributed by atoms with E-state index in [9.17, 15) is 9.59 Å². The molecule has 2 atom stereocenters. The number of hydrogen-bond donors (Lipinski definition) is 2. The van der Waals surface area contributed by atoms with Gasteiger partial charge in [-0.2, -0.15) is 0 Å². The average Bonchev–Trinajstić information content (AvgIpc) is 3.31. The van der Waals surface area contributed by atoms with Crippen molar-refractivity contribution in [2.24, 2.45) is 5.73 Å². The first kappa shape index (κ1) is 27.4. The van der Waals surface area contributed by atoms with Crippen LogP contribution < -0.4 is 20.0 Å². The predicted octanol–water partition coefficient (Wildman–Crippen LogP) is 3.05. The normalized spacial score (nSPS) is 13.7. The van der Waals surface area contributed by atoms with Gasteiger partial charge in [0.15, 0.2) is 0 Å². The Morgan fingerprint density at radius 1 is 0.718 bits per heavy atom. The third kappa shape index (κ3) is 6.88. The van der Waals surface area contributed by atoms with E-state index in [-0.39, 0.29) is 48.3 Å². The zero-order valence-corrected chi connectivity index (χ0v) is 24.8. The number of esters is 1. The Hall–Kier alpha value is -3.18. The summed E-state index contributed by atoms with van der Waals surface area (Å²) >= 11 is 0.0636. The summed E-state index contributed by atoms with van der Waals surface area (Å²) in [5.41, 5.74) is 10.9. The third-order valence-electron chi connectivity index (χ3n) is 6.63. The Kier molecular flexibility index (Phi) is 9.31. The second-order valence-electron chi connectivity index (χ2n) is 9.27. The van der Waals surface area contributed by atoms with Crippen molar-refractivity contribution in [1.82, 2.24) is 5.32 Å². The van der Waals surface area contributed by atoms with Gasteiger partial charge in [-0.15, -0.1) is 0 Å². The molecule has 3 N–H and O–H groups in total. The number of carbonyl (C=O) groups is 2. The van der Waals surface area contributed by atoms with Crippen LogP contribution in [0.1, 0.15) is 17.0 Å². The van der Waals surface area contributed by atoms with Gasteiger partial charge in [-0.1, -0.05) is 0 Å². The standard InChI is InChI=1S/C32H30N2O3Se2/c33-29(20-38-22-11-3-1-4-12-22)31(35)34-30(21-39-23-13-5-2-6-14-23)32(36)37-19-28-26-17-9-7-15-24(26)25-16-8-10-18-27(25)28/h1-18,28-30H,19-21,33H2,(H,34,35)/t29-,30-/m0/s1. The van der Waals surface area contributed by atoms with Crippen LogP contribution >= 0.6 is 0 Å². The number of fused-ring (bicyclic) bond motifs is 3. The van der Waals surface area contributed by atoms with Gasteiger partial charge in [0, 0.05) is 0 Å². The van der Waals surface area contributed by atoms with Gasteiger partial charge in [-0.05, 0) is 0 Å². The van der Waals surface area contributed by atoms with Crippen molar-refractivity contribution in [3.63, 3.8) is 0 Å². The van der Waals surface area contributed by atoms with Crippen LogP contribution in [0.3, 0.4) is 0 Å². The minimum atomic E-state index is -0.750. The molecule has 5 nitrogen and oxygen atoms in total. The van der Waals surface area contributed by atoms with E-state index in [4.69, 9.17) is 10.5 Å². The Balaban J connectivity index is 1.25. The van der Waals surface area contributed by atoms with Crippen LogP contribution in [0, 0.1) is 0 Å². The monoisotopic (exact) mass is 650 g/mol. The molecule has 1 aliphatic carbocycles. The number of carbonyl (C=O) groups excluding carboxylic acids is 2. The van der Waals surface area contributed by atoms with E-state index >= 15 is 0 Å². The van der Waals surface area contributed by atoms with E-state index in [1.807, 2.05) is 84.9 Å². The molecule has 0 bridgehead atoms. The fraction of sp³-hybridized carbons (Fsp3) is 0.188. The van der Waals surface area contributed by atoms with E-state index in [2.05, 4.69) is 29.6 Å². The molecule has 1 aliphatic rings. The van der Waals surface area contributed by atoms with E-state index < -0.39 is 18.1 Å². The van der Waals surface area contributed by atoms with Crippen LogP contribution in [0.2, 0.25) is 10.6 Å². The first-order valence-electron chi connectivity index (χ1n) is 12.9. The van der Waals surface area contributed by atoms with E-state index in [1.54, 1.807) is 0 Å². The Labute approximate surface area is 241 Å². The van der Waals surface area contributed by atoms with E-state index in [0.29, 0.717) is 10.6 Å². The fourth-order valence-electron chi connectivity index (χ4n) is 4.63. The molecule has 39 heavy (non-hydrogen) atoms. The number of nitrogens with one attached hydrogen (secondary N) is 1. The van der Waals surface area contributed by atoms with Crippen LogP contribution in [-0.4, -0.2) is 60.5 Å². The van der Waals surface area contributed by atoms with Crippen molar-refractivity contribution in [2.45, 2.75) is 28.6 Å². The van der Waals surface area contributed by atoms with Crippen LogP contribution in [0.25, 0.3) is 11.1 Å². The van der Waals surface area contributed by atoms with Gasteiger partial charge >= 0.3 is 243 Å². The fourth-order valence-corrected chi connectivity index (χ4v) is 8.41. The molecule has 0 saturated heterocycles. The number of benzene rings is 4. The average molecular weight is 649 g/mol. The summed E-state index contributed by atoms with van der Waals surface area (Å²) in [5, 5.41) is 3.98. The first-order chi connectivity index (χ1) is 19.1. The van der Waals surface area contributed by atoms with Crippen LogP contribution in [-0.2, 0) is 14.3 Å². The molecule has 0 aliphatic heterocycles.